The van der Waals surface area contributed by atoms with E-state index in [0.29, 0.717) is 12.1 Å². The van der Waals surface area contributed by atoms with Gasteiger partial charge in [0.1, 0.15) is 0 Å². The van der Waals surface area contributed by atoms with Gasteiger partial charge in [0, 0.05) is 24.5 Å². The van der Waals surface area contributed by atoms with Crippen LogP contribution in [-0.2, 0) is 6.54 Å². The van der Waals surface area contributed by atoms with E-state index in [1.165, 1.54) is 0 Å². The smallest absolute Gasteiger partial charge is 0.255 e. The molecule has 0 saturated heterocycles. The number of anilines is 1. The van der Waals surface area contributed by atoms with Crippen LogP contribution in [0.25, 0.3) is 0 Å². The lowest BCUT2D eigenvalue weighted by atomic mass is 10.1. The number of rotatable bonds is 3. The first-order valence-electron chi connectivity index (χ1n) is 5.03. The first-order chi connectivity index (χ1) is 7.79. The van der Waals surface area contributed by atoms with Gasteiger partial charge in [0.2, 0.25) is 0 Å². The molecule has 0 aliphatic heterocycles. The van der Waals surface area contributed by atoms with Crippen LogP contribution in [0.2, 0.25) is 0 Å². The molecule has 16 heavy (non-hydrogen) atoms. The molecule has 0 radical (unpaired) electrons. The zero-order chi connectivity index (χ0) is 11.4. The van der Waals surface area contributed by atoms with Gasteiger partial charge in [-0.3, -0.25) is 4.79 Å². The Kier molecular flexibility index (Phi) is 3.03. The van der Waals surface area contributed by atoms with Crippen LogP contribution >= 0.6 is 0 Å². The monoisotopic (exact) mass is 215 g/mol. The Balaban J connectivity index is 2.14. The highest BCUT2D eigenvalue weighted by molar-refractivity contribution is 6.04. The van der Waals surface area contributed by atoms with Gasteiger partial charge < -0.3 is 16.0 Å². The standard InChI is InChI=1S/C12H13N3O/c13-7-9-2-1-3-10(6-9)12(16)15-11-4-5-14-8-11/h1-6,8,14H,7,13H2,(H,15,16). The molecule has 0 atom stereocenters. The Labute approximate surface area is 93.5 Å². The molecule has 4 heteroatoms. The van der Waals surface area contributed by atoms with Crippen molar-refractivity contribution in [3.63, 3.8) is 0 Å². The lowest BCUT2D eigenvalue weighted by Gasteiger charge is -2.04. The zero-order valence-corrected chi connectivity index (χ0v) is 8.73. The Morgan fingerprint density at radius 1 is 1.38 bits per heavy atom. The Morgan fingerprint density at radius 3 is 2.94 bits per heavy atom. The predicted octanol–water partition coefficient (Wildman–Crippen LogP) is 1.73. The lowest BCUT2D eigenvalue weighted by molar-refractivity contribution is 0.102. The Hall–Kier alpha value is -2.07. The van der Waals surface area contributed by atoms with Crippen LogP contribution in [0.3, 0.4) is 0 Å². The van der Waals surface area contributed by atoms with E-state index in [1.54, 1.807) is 30.6 Å². The second-order valence-corrected chi connectivity index (χ2v) is 3.46. The molecule has 0 fully saturated rings. The van der Waals surface area contributed by atoms with Crippen molar-refractivity contribution in [3.8, 4) is 0 Å². The minimum Gasteiger partial charge on any atom is -0.366 e. The van der Waals surface area contributed by atoms with E-state index in [0.717, 1.165) is 11.3 Å². The van der Waals surface area contributed by atoms with E-state index in [1.807, 2.05) is 12.1 Å². The fraction of sp³-hybridized carbons (Fsp3) is 0.0833. The van der Waals surface area contributed by atoms with E-state index in [4.69, 9.17) is 5.73 Å². The summed E-state index contributed by atoms with van der Waals surface area (Å²) in [6.07, 6.45) is 3.48. The van der Waals surface area contributed by atoms with Crippen molar-refractivity contribution >= 4 is 11.6 Å². The first-order valence-corrected chi connectivity index (χ1v) is 5.03. The van der Waals surface area contributed by atoms with Crippen molar-refractivity contribution in [2.45, 2.75) is 6.54 Å². The summed E-state index contributed by atoms with van der Waals surface area (Å²) < 4.78 is 0. The van der Waals surface area contributed by atoms with Crippen molar-refractivity contribution in [1.82, 2.24) is 4.98 Å². The quantitative estimate of drug-likeness (QED) is 0.729. The number of hydrogen-bond donors (Lipinski definition) is 3. The third-order valence-electron chi connectivity index (χ3n) is 2.28. The molecule has 4 N–H and O–H groups in total. The van der Waals surface area contributed by atoms with Crippen molar-refractivity contribution in [2.75, 3.05) is 5.32 Å². The number of H-pyrrole nitrogens is 1. The van der Waals surface area contributed by atoms with Gasteiger partial charge in [-0.15, -0.1) is 0 Å². The van der Waals surface area contributed by atoms with Gasteiger partial charge >= 0.3 is 0 Å². The van der Waals surface area contributed by atoms with Gasteiger partial charge in [0.15, 0.2) is 0 Å². The number of benzene rings is 1. The number of nitrogens with two attached hydrogens (primary N) is 1. The van der Waals surface area contributed by atoms with Crippen LogP contribution in [0.4, 0.5) is 5.69 Å². The number of hydrogen-bond acceptors (Lipinski definition) is 2. The molecule has 1 aromatic carbocycles. The second kappa shape index (κ2) is 4.63. The molecule has 0 aliphatic rings. The van der Waals surface area contributed by atoms with Crippen LogP contribution in [-0.4, -0.2) is 10.9 Å². The summed E-state index contributed by atoms with van der Waals surface area (Å²) in [6, 6.07) is 9.08. The fourth-order valence-electron chi connectivity index (χ4n) is 1.44. The zero-order valence-electron chi connectivity index (χ0n) is 8.73. The number of aromatic amines is 1. The van der Waals surface area contributed by atoms with Crippen molar-refractivity contribution < 1.29 is 4.79 Å². The van der Waals surface area contributed by atoms with E-state index < -0.39 is 0 Å². The van der Waals surface area contributed by atoms with Crippen LogP contribution in [0.5, 0.6) is 0 Å². The molecule has 2 rings (SSSR count). The number of carbonyl (C=O) groups is 1. The molecule has 0 aliphatic carbocycles. The molecule has 1 heterocycles. The van der Waals surface area contributed by atoms with Gasteiger partial charge in [0.25, 0.3) is 5.91 Å². The molecule has 0 unspecified atom stereocenters. The maximum absolute atomic E-state index is 11.8. The molecular weight excluding hydrogens is 202 g/mol. The van der Waals surface area contributed by atoms with Gasteiger partial charge in [-0.2, -0.15) is 0 Å². The van der Waals surface area contributed by atoms with E-state index in [2.05, 4.69) is 10.3 Å². The largest absolute Gasteiger partial charge is 0.366 e. The average molecular weight is 215 g/mol. The Morgan fingerprint density at radius 2 is 2.25 bits per heavy atom. The highest BCUT2D eigenvalue weighted by atomic mass is 16.1. The van der Waals surface area contributed by atoms with Gasteiger partial charge in [-0.05, 0) is 23.8 Å². The fourth-order valence-corrected chi connectivity index (χ4v) is 1.44. The maximum Gasteiger partial charge on any atom is 0.255 e. The van der Waals surface area contributed by atoms with Gasteiger partial charge in [0.05, 0.1) is 5.69 Å². The van der Waals surface area contributed by atoms with Crippen LogP contribution < -0.4 is 11.1 Å². The summed E-state index contributed by atoms with van der Waals surface area (Å²) in [4.78, 5) is 14.7. The Bertz CT molecular complexity index is 477. The van der Waals surface area contributed by atoms with E-state index >= 15 is 0 Å². The summed E-state index contributed by atoms with van der Waals surface area (Å²) in [7, 11) is 0. The van der Waals surface area contributed by atoms with E-state index in [-0.39, 0.29) is 5.91 Å². The molecule has 1 aromatic heterocycles. The van der Waals surface area contributed by atoms with E-state index in [9.17, 15) is 4.79 Å². The number of amides is 1. The summed E-state index contributed by atoms with van der Waals surface area (Å²) in [5.41, 5.74) is 7.83. The molecule has 0 spiro atoms. The minimum atomic E-state index is -0.130. The molecule has 1 amide bonds. The number of aromatic nitrogens is 1. The molecule has 2 aromatic rings. The minimum absolute atomic E-state index is 0.130. The number of nitrogens with one attached hydrogen (secondary N) is 2. The summed E-state index contributed by atoms with van der Waals surface area (Å²) in [5.74, 6) is -0.130. The lowest BCUT2D eigenvalue weighted by Crippen LogP contribution is -2.12. The maximum atomic E-state index is 11.8. The highest BCUT2D eigenvalue weighted by Gasteiger charge is 2.06. The van der Waals surface area contributed by atoms with Crippen molar-refractivity contribution in [1.29, 1.82) is 0 Å². The van der Waals surface area contributed by atoms with Crippen molar-refractivity contribution in [2.24, 2.45) is 5.73 Å². The molecule has 0 bridgehead atoms. The normalized spacial score (nSPS) is 10.1. The predicted molar refractivity (Wildman–Crippen MR) is 63.1 cm³/mol. The third-order valence-corrected chi connectivity index (χ3v) is 2.28. The second-order valence-electron chi connectivity index (χ2n) is 3.46. The first kappa shape index (κ1) is 10.4. The van der Waals surface area contributed by atoms with Gasteiger partial charge in [-0.25, -0.2) is 0 Å². The number of carbonyl (C=O) groups excluding carboxylic acids is 1. The SMILES string of the molecule is NCc1cccc(C(=O)Nc2cc[nH]c2)c1. The molecular formula is C12H13N3O. The molecule has 82 valence electrons. The molecule has 0 saturated carbocycles. The summed E-state index contributed by atoms with van der Waals surface area (Å²) in [6.45, 7) is 0.436. The van der Waals surface area contributed by atoms with Gasteiger partial charge in [-0.1, -0.05) is 12.1 Å². The summed E-state index contributed by atoms with van der Waals surface area (Å²) >= 11 is 0. The third kappa shape index (κ3) is 2.29. The van der Waals surface area contributed by atoms with Crippen LogP contribution in [0, 0.1) is 0 Å². The average Bonchev–Trinajstić information content (AvgIpc) is 2.82. The van der Waals surface area contributed by atoms with Crippen molar-refractivity contribution in [3.05, 3.63) is 53.9 Å². The summed E-state index contributed by atoms with van der Waals surface area (Å²) in [5, 5.41) is 2.78. The molecule has 4 nitrogen and oxygen atoms in total. The highest BCUT2D eigenvalue weighted by Crippen LogP contribution is 2.09. The topological polar surface area (TPSA) is 70.9 Å². The van der Waals surface area contributed by atoms with Crippen LogP contribution in [0.1, 0.15) is 15.9 Å². The van der Waals surface area contributed by atoms with Crippen LogP contribution in [0.15, 0.2) is 42.7 Å².